The van der Waals surface area contributed by atoms with Crippen molar-refractivity contribution in [3.05, 3.63) is 17.5 Å². The minimum absolute atomic E-state index is 0.0692. The zero-order chi connectivity index (χ0) is 25.2. The highest BCUT2D eigenvalue weighted by Gasteiger charge is 2.38. The fraction of sp³-hybridized carbons (Fsp3) is 0.700. The number of alkyl halides is 3. The predicted molar refractivity (Wildman–Crippen MR) is 121 cm³/mol. The van der Waals surface area contributed by atoms with E-state index in [0.29, 0.717) is 23.8 Å². The number of aliphatic carboxylic acids is 1. The second kappa shape index (κ2) is 13.4. The Hall–Kier alpha value is -1.74. The number of piperazine rings is 1. The van der Waals surface area contributed by atoms with Crippen LogP contribution in [0.15, 0.2) is 21.7 Å². The molecule has 2 N–H and O–H groups in total. The third kappa shape index (κ3) is 9.13. The summed E-state index contributed by atoms with van der Waals surface area (Å²) in [7, 11) is -3.62. The van der Waals surface area contributed by atoms with Gasteiger partial charge in [-0.1, -0.05) is 12.5 Å². The van der Waals surface area contributed by atoms with Crippen molar-refractivity contribution in [2.45, 2.75) is 36.1 Å². The van der Waals surface area contributed by atoms with Crippen LogP contribution in [-0.2, 0) is 19.6 Å². The number of carbonyl (C=O) groups excluding carboxylic acids is 1. The molecule has 194 valence electrons. The van der Waals surface area contributed by atoms with E-state index in [1.165, 1.54) is 34.9 Å². The van der Waals surface area contributed by atoms with Gasteiger partial charge in [-0.25, -0.2) is 13.2 Å². The van der Waals surface area contributed by atoms with Gasteiger partial charge in [0.2, 0.25) is 5.91 Å². The quantitative estimate of drug-likeness (QED) is 0.528. The Morgan fingerprint density at radius 3 is 2.26 bits per heavy atom. The molecular formula is C20H31F3N4O5S2. The summed E-state index contributed by atoms with van der Waals surface area (Å²) >= 11 is 1.21. The number of nitrogens with zero attached hydrogens (tertiary/aromatic N) is 3. The minimum Gasteiger partial charge on any atom is -0.475 e. The Bertz CT molecular complexity index is 869. The van der Waals surface area contributed by atoms with E-state index in [0.717, 1.165) is 39.1 Å². The van der Waals surface area contributed by atoms with Gasteiger partial charge < -0.3 is 20.2 Å². The van der Waals surface area contributed by atoms with E-state index in [1.54, 1.807) is 22.4 Å². The van der Waals surface area contributed by atoms with Crippen LogP contribution in [0.3, 0.4) is 0 Å². The van der Waals surface area contributed by atoms with Gasteiger partial charge >= 0.3 is 12.1 Å². The van der Waals surface area contributed by atoms with Crippen LogP contribution in [0.5, 0.6) is 0 Å². The average Bonchev–Trinajstić information content (AvgIpc) is 3.35. The molecule has 9 nitrogen and oxygen atoms in total. The van der Waals surface area contributed by atoms with Gasteiger partial charge in [0.25, 0.3) is 10.0 Å². The number of likely N-dealkylation sites (tertiary alicyclic amines) is 1. The van der Waals surface area contributed by atoms with Crippen molar-refractivity contribution in [3.63, 3.8) is 0 Å². The lowest BCUT2D eigenvalue weighted by atomic mass is 10.1. The molecule has 0 radical (unpaired) electrons. The number of hydrogen-bond donors (Lipinski definition) is 2. The molecule has 3 rings (SSSR count). The van der Waals surface area contributed by atoms with Crippen LogP contribution in [0, 0.1) is 0 Å². The van der Waals surface area contributed by atoms with Gasteiger partial charge in [0, 0.05) is 32.7 Å². The van der Waals surface area contributed by atoms with E-state index < -0.39 is 22.2 Å². The zero-order valence-corrected chi connectivity index (χ0v) is 20.4. The topological polar surface area (TPSA) is 110 Å². The van der Waals surface area contributed by atoms with Crippen LogP contribution in [0.25, 0.3) is 0 Å². The van der Waals surface area contributed by atoms with Gasteiger partial charge in [0.15, 0.2) is 0 Å². The zero-order valence-electron chi connectivity index (χ0n) is 18.8. The first kappa shape index (κ1) is 28.5. The van der Waals surface area contributed by atoms with Gasteiger partial charge in [-0.3, -0.25) is 4.79 Å². The van der Waals surface area contributed by atoms with Crippen LogP contribution < -0.4 is 5.32 Å². The number of sulfonamides is 1. The summed E-state index contributed by atoms with van der Waals surface area (Å²) in [6.45, 7) is 6.19. The van der Waals surface area contributed by atoms with Gasteiger partial charge in [-0.15, -0.1) is 11.3 Å². The Morgan fingerprint density at radius 2 is 1.74 bits per heavy atom. The van der Waals surface area contributed by atoms with Crippen molar-refractivity contribution >= 4 is 33.2 Å². The third-order valence-electron chi connectivity index (χ3n) is 5.44. The number of amides is 1. The smallest absolute Gasteiger partial charge is 0.475 e. The molecule has 3 heterocycles. The van der Waals surface area contributed by atoms with Gasteiger partial charge in [0.1, 0.15) is 4.21 Å². The maximum absolute atomic E-state index is 13.0. The first-order valence-corrected chi connectivity index (χ1v) is 13.4. The second-order valence-corrected chi connectivity index (χ2v) is 11.1. The Kier molecular flexibility index (Phi) is 11.2. The summed E-state index contributed by atoms with van der Waals surface area (Å²) in [6, 6.07) is 3.36. The summed E-state index contributed by atoms with van der Waals surface area (Å²) < 4.78 is 59.5. The molecule has 0 bridgehead atoms. The molecule has 1 aromatic heterocycles. The Morgan fingerprint density at radius 1 is 1.12 bits per heavy atom. The summed E-state index contributed by atoms with van der Waals surface area (Å²) in [5.41, 5.74) is 0. The number of piperidine rings is 1. The van der Waals surface area contributed by atoms with E-state index in [4.69, 9.17) is 9.90 Å². The first-order chi connectivity index (χ1) is 16.0. The van der Waals surface area contributed by atoms with Crippen molar-refractivity contribution in [2.75, 3.05) is 58.9 Å². The lowest BCUT2D eigenvalue weighted by Gasteiger charge is -2.31. The second-order valence-electron chi connectivity index (χ2n) is 7.96. The molecule has 0 spiro atoms. The summed E-state index contributed by atoms with van der Waals surface area (Å²) in [4.78, 5) is 25.7. The number of thiophene rings is 1. The van der Waals surface area contributed by atoms with E-state index in [9.17, 15) is 26.4 Å². The number of rotatable bonds is 8. The molecule has 2 saturated heterocycles. The molecule has 0 aromatic carbocycles. The van der Waals surface area contributed by atoms with Crippen LogP contribution in [-0.4, -0.2) is 105 Å². The van der Waals surface area contributed by atoms with Gasteiger partial charge in [-0.2, -0.15) is 17.5 Å². The minimum atomic E-state index is -5.08. The SMILES string of the molecule is O=C(CN(CCCN1CCCCC1)S(=O)(=O)c1cccs1)N1CCNCC1.O=C(O)C(F)(F)F. The number of carboxylic acids is 1. The standard InChI is InChI=1S/C18H30N4O3S2.C2HF3O2/c23-17(21-13-7-19-8-14-21)16-22(27(24,25)18-6-4-15-26-18)12-5-11-20-9-2-1-3-10-20;3-2(4,5)1(6)7/h4,6,15,19H,1-3,5,7-14,16H2;(H,6,7). The molecule has 34 heavy (non-hydrogen) atoms. The summed E-state index contributed by atoms with van der Waals surface area (Å²) in [5.74, 6) is -2.86. The number of halogens is 3. The maximum Gasteiger partial charge on any atom is 0.490 e. The normalized spacial score (nSPS) is 17.8. The van der Waals surface area contributed by atoms with Crippen LogP contribution in [0.1, 0.15) is 25.7 Å². The van der Waals surface area contributed by atoms with E-state index in [2.05, 4.69) is 10.2 Å². The van der Waals surface area contributed by atoms with Gasteiger partial charge in [0.05, 0.1) is 6.54 Å². The highest BCUT2D eigenvalue weighted by atomic mass is 32.2. The molecule has 14 heteroatoms. The van der Waals surface area contributed by atoms with E-state index >= 15 is 0 Å². The molecule has 2 aliphatic heterocycles. The molecule has 0 aliphatic carbocycles. The Labute approximate surface area is 201 Å². The summed E-state index contributed by atoms with van der Waals surface area (Å²) in [5, 5.41) is 12.1. The molecule has 0 atom stereocenters. The Balaban J connectivity index is 0.000000509. The molecular weight excluding hydrogens is 497 g/mol. The maximum atomic E-state index is 13.0. The van der Waals surface area contributed by atoms with Crippen LogP contribution in [0.4, 0.5) is 13.2 Å². The van der Waals surface area contributed by atoms with Crippen molar-refractivity contribution in [1.29, 1.82) is 0 Å². The lowest BCUT2D eigenvalue weighted by Crippen LogP contribution is -2.50. The van der Waals surface area contributed by atoms with E-state index in [1.807, 2.05) is 0 Å². The lowest BCUT2D eigenvalue weighted by molar-refractivity contribution is -0.192. The van der Waals surface area contributed by atoms with Crippen LogP contribution in [0.2, 0.25) is 0 Å². The monoisotopic (exact) mass is 528 g/mol. The molecule has 2 aliphatic rings. The van der Waals surface area contributed by atoms with Crippen molar-refractivity contribution in [2.24, 2.45) is 0 Å². The number of hydrogen-bond acceptors (Lipinski definition) is 7. The van der Waals surface area contributed by atoms with E-state index in [-0.39, 0.29) is 12.5 Å². The van der Waals surface area contributed by atoms with Crippen LogP contribution >= 0.6 is 11.3 Å². The fourth-order valence-electron chi connectivity index (χ4n) is 3.64. The van der Waals surface area contributed by atoms with Crippen molar-refractivity contribution < 1.29 is 36.3 Å². The third-order valence-corrected chi connectivity index (χ3v) is 8.66. The highest BCUT2D eigenvalue weighted by Crippen LogP contribution is 2.21. The molecule has 1 amide bonds. The number of carbonyl (C=O) groups is 2. The highest BCUT2D eigenvalue weighted by molar-refractivity contribution is 7.91. The van der Waals surface area contributed by atoms with Crippen molar-refractivity contribution in [3.8, 4) is 0 Å². The molecule has 0 saturated carbocycles. The molecule has 0 unspecified atom stereocenters. The molecule has 2 fully saturated rings. The molecule has 1 aromatic rings. The summed E-state index contributed by atoms with van der Waals surface area (Å²) in [6.07, 6.45) is -0.606. The average molecular weight is 529 g/mol. The largest absolute Gasteiger partial charge is 0.490 e. The fourth-order valence-corrected chi connectivity index (χ4v) is 6.21. The number of carboxylic acid groups (broad SMARTS) is 1. The predicted octanol–water partition coefficient (Wildman–Crippen LogP) is 1.68. The number of nitrogens with one attached hydrogen (secondary N) is 1. The van der Waals surface area contributed by atoms with Crippen molar-refractivity contribution in [1.82, 2.24) is 19.4 Å². The van der Waals surface area contributed by atoms with Gasteiger partial charge in [-0.05, 0) is 50.3 Å². The first-order valence-electron chi connectivity index (χ1n) is 11.1.